The maximum atomic E-state index is 13.6. The van der Waals surface area contributed by atoms with Crippen LogP contribution in [-0.2, 0) is 6.18 Å². The minimum atomic E-state index is -4.55. The summed E-state index contributed by atoms with van der Waals surface area (Å²) in [4.78, 5) is 3.63. The molecule has 1 heterocycles. The van der Waals surface area contributed by atoms with Crippen molar-refractivity contribution in [2.24, 2.45) is 5.73 Å². The van der Waals surface area contributed by atoms with Crippen LogP contribution in [0.25, 0.3) is 0 Å². The van der Waals surface area contributed by atoms with Gasteiger partial charge in [0.2, 0.25) is 0 Å². The van der Waals surface area contributed by atoms with E-state index in [0.717, 1.165) is 24.5 Å². The van der Waals surface area contributed by atoms with E-state index >= 15 is 0 Å². The Morgan fingerprint density at radius 3 is 2.37 bits per heavy atom. The molecule has 1 aromatic heterocycles. The van der Waals surface area contributed by atoms with Crippen LogP contribution in [0.5, 0.6) is 0 Å². The number of halogens is 4. The molecule has 19 heavy (non-hydrogen) atoms. The highest BCUT2D eigenvalue weighted by atomic mass is 19.4. The molecule has 0 aliphatic carbocycles. The van der Waals surface area contributed by atoms with Gasteiger partial charge >= 0.3 is 6.18 Å². The molecule has 0 radical (unpaired) electrons. The molecule has 0 fully saturated rings. The van der Waals surface area contributed by atoms with Crippen LogP contribution in [0.3, 0.4) is 0 Å². The topological polar surface area (TPSA) is 38.9 Å². The molecule has 1 aromatic carbocycles. The van der Waals surface area contributed by atoms with Gasteiger partial charge in [-0.1, -0.05) is 18.2 Å². The summed E-state index contributed by atoms with van der Waals surface area (Å²) < 4.78 is 52.1. The molecule has 2 nitrogen and oxygen atoms in total. The molecule has 100 valence electrons. The first-order chi connectivity index (χ1) is 8.91. The Bertz CT molecular complexity index is 581. The monoisotopic (exact) mass is 270 g/mol. The van der Waals surface area contributed by atoms with Crippen molar-refractivity contribution in [2.75, 3.05) is 0 Å². The second-order valence-electron chi connectivity index (χ2n) is 3.96. The lowest BCUT2D eigenvalue weighted by atomic mass is 9.96. The SMILES string of the molecule is NC(c1ccccc1F)c1cnccc1C(F)(F)F. The summed E-state index contributed by atoms with van der Waals surface area (Å²) in [5, 5.41) is 0. The lowest BCUT2D eigenvalue weighted by Crippen LogP contribution is -2.19. The quantitative estimate of drug-likeness (QED) is 0.850. The molecular weight excluding hydrogens is 260 g/mol. The molecule has 0 aliphatic heterocycles. The maximum absolute atomic E-state index is 13.6. The van der Waals surface area contributed by atoms with Gasteiger partial charge in [-0.05, 0) is 12.1 Å². The third-order valence-corrected chi connectivity index (χ3v) is 2.73. The predicted molar refractivity (Wildman–Crippen MR) is 61.7 cm³/mol. The van der Waals surface area contributed by atoms with Crippen LogP contribution >= 0.6 is 0 Å². The lowest BCUT2D eigenvalue weighted by Gasteiger charge is -2.18. The van der Waals surface area contributed by atoms with Gasteiger partial charge in [-0.25, -0.2) is 4.39 Å². The van der Waals surface area contributed by atoms with Gasteiger partial charge in [0.15, 0.2) is 0 Å². The summed E-state index contributed by atoms with van der Waals surface area (Å²) in [7, 11) is 0. The first-order valence-electron chi connectivity index (χ1n) is 5.42. The van der Waals surface area contributed by atoms with E-state index in [1.807, 2.05) is 0 Å². The van der Waals surface area contributed by atoms with Crippen molar-refractivity contribution in [3.05, 3.63) is 65.2 Å². The molecule has 2 N–H and O–H groups in total. The van der Waals surface area contributed by atoms with Crippen molar-refractivity contribution in [1.82, 2.24) is 4.98 Å². The van der Waals surface area contributed by atoms with Gasteiger partial charge in [0.1, 0.15) is 5.82 Å². The Kier molecular flexibility index (Phi) is 3.53. The normalized spacial score (nSPS) is 13.3. The highest BCUT2D eigenvalue weighted by Gasteiger charge is 2.35. The summed E-state index contributed by atoms with van der Waals surface area (Å²) in [5.41, 5.74) is 4.58. The Balaban J connectivity index is 2.51. The van der Waals surface area contributed by atoms with Crippen molar-refractivity contribution in [2.45, 2.75) is 12.2 Å². The minimum Gasteiger partial charge on any atom is -0.320 e. The number of nitrogens with two attached hydrogens (primary N) is 1. The number of alkyl halides is 3. The molecule has 1 atom stereocenters. The lowest BCUT2D eigenvalue weighted by molar-refractivity contribution is -0.138. The minimum absolute atomic E-state index is 0.000926. The Hall–Kier alpha value is -1.95. The van der Waals surface area contributed by atoms with Gasteiger partial charge in [-0.15, -0.1) is 0 Å². The fourth-order valence-electron chi connectivity index (χ4n) is 1.81. The van der Waals surface area contributed by atoms with Crippen LogP contribution in [-0.4, -0.2) is 4.98 Å². The molecule has 0 aliphatic rings. The number of nitrogens with zero attached hydrogens (tertiary/aromatic N) is 1. The Morgan fingerprint density at radius 2 is 1.74 bits per heavy atom. The average Bonchev–Trinajstić information content (AvgIpc) is 2.37. The standard InChI is InChI=1S/C13H10F4N2/c14-11-4-2-1-3-8(11)12(18)9-7-19-6-5-10(9)13(15,16)17/h1-7,12H,18H2. The van der Waals surface area contributed by atoms with Crippen LogP contribution in [0.1, 0.15) is 22.7 Å². The zero-order chi connectivity index (χ0) is 14.0. The molecule has 2 rings (SSSR count). The molecule has 2 aromatic rings. The van der Waals surface area contributed by atoms with Gasteiger partial charge in [0.25, 0.3) is 0 Å². The first-order valence-corrected chi connectivity index (χ1v) is 5.42. The third-order valence-electron chi connectivity index (χ3n) is 2.73. The molecule has 0 saturated heterocycles. The summed E-state index contributed by atoms with van der Waals surface area (Å²) >= 11 is 0. The summed E-state index contributed by atoms with van der Waals surface area (Å²) in [6.07, 6.45) is -2.51. The molecule has 0 bridgehead atoms. The number of hydrogen-bond acceptors (Lipinski definition) is 2. The second kappa shape index (κ2) is 4.97. The summed E-state index contributed by atoms with van der Waals surface area (Å²) in [6, 6.07) is 5.08. The molecule has 6 heteroatoms. The number of rotatable bonds is 2. The van der Waals surface area contributed by atoms with Crippen molar-refractivity contribution >= 4 is 0 Å². The van der Waals surface area contributed by atoms with Crippen LogP contribution in [0.15, 0.2) is 42.7 Å². The van der Waals surface area contributed by atoms with Crippen molar-refractivity contribution in [3.8, 4) is 0 Å². The zero-order valence-electron chi connectivity index (χ0n) is 9.66. The highest BCUT2D eigenvalue weighted by Crippen LogP contribution is 2.35. The molecule has 0 saturated carbocycles. The van der Waals surface area contributed by atoms with Crippen LogP contribution < -0.4 is 5.73 Å². The van der Waals surface area contributed by atoms with E-state index in [1.165, 1.54) is 18.2 Å². The van der Waals surface area contributed by atoms with Crippen LogP contribution in [0, 0.1) is 5.82 Å². The predicted octanol–water partition coefficient (Wildman–Crippen LogP) is 3.29. The van der Waals surface area contributed by atoms with Gasteiger partial charge < -0.3 is 5.73 Å². The fourth-order valence-corrected chi connectivity index (χ4v) is 1.81. The third kappa shape index (κ3) is 2.73. The average molecular weight is 270 g/mol. The van der Waals surface area contributed by atoms with Gasteiger partial charge in [-0.3, -0.25) is 4.98 Å². The number of benzene rings is 1. The van der Waals surface area contributed by atoms with Gasteiger partial charge in [0, 0.05) is 23.5 Å². The second-order valence-corrected chi connectivity index (χ2v) is 3.96. The van der Waals surface area contributed by atoms with E-state index < -0.39 is 23.6 Å². The molecule has 0 amide bonds. The van der Waals surface area contributed by atoms with Crippen LogP contribution in [0.4, 0.5) is 17.6 Å². The Labute approximate surface area is 106 Å². The summed E-state index contributed by atoms with van der Waals surface area (Å²) in [5.74, 6) is -0.646. The Morgan fingerprint density at radius 1 is 1.05 bits per heavy atom. The van der Waals surface area contributed by atoms with Crippen molar-refractivity contribution < 1.29 is 17.6 Å². The molecule has 0 spiro atoms. The van der Waals surface area contributed by atoms with E-state index in [1.54, 1.807) is 0 Å². The van der Waals surface area contributed by atoms with Gasteiger partial charge in [0.05, 0.1) is 11.6 Å². The van der Waals surface area contributed by atoms with E-state index in [0.29, 0.717) is 0 Å². The van der Waals surface area contributed by atoms with E-state index in [2.05, 4.69) is 4.98 Å². The number of pyridine rings is 1. The van der Waals surface area contributed by atoms with Crippen molar-refractivity contribution in [1.29, 1.82) is 0 Å². The highest BCUT2D eigenvalue weighted by molar-refractivity contribution is 5.37. The van der Waals surface area contributed by atoms with Crippen molar-refractivity contribution in [3.63, 3.8) is 0 Å². The van der Waals surface area contributed by atoms with E-state index in [4.69, 9.17) is 5.73 Å². The number of aromatic nitrogens is 1. The fraction of sp³-hybridized carbons (Fsp3) is 0.154. The molecular formula is C13H10F4N2. The smallest absolute Gasteiger partial charge is 0.320 e. The summed E-state index contributed by atoms with van der Waals surface area (Å²) in [6.45, 7) is 0. The van der Waals surface area contributed by atoms with Gasteiger partial charge in [-0.2, -0.15) is 13.2 Å². The van der Waals surface area contributed by atoms with Crippen LogP contribution in [0.2, 0.25) is 0 Å². The zero-order valence-corrected chi connectivity index (χ0v) is 9.66. The number of hydrogen-bond donors (Lipinski definition) is 1. The first kappa shape index (κ1) is 13.5. The maximum Gasteiger partial charge on any atom is 0.416 e. The van der Waals surface area contributed by atoms with E-state index in [-0.39, 0.29) is 11.1 Å². The van der Waals surface area contributed by atoms with E-state index in [9.17, 15) is 17.6 Å². The largest absolute Gasteiger partial charge is 0.416 e. The molecule has 1 unspecified atom stereocenters.